The first-order chi connectivity index (χ1) is 15.4. The largest absolute Gasteiger partial charge is 0.454 e. The van der Waals surface area contributed by atoms with Crippen LogP contribution >= 0.6 is 11.6 Å². The maximum atomic E-state index is 13.2. The molecule has 7 nitrogen and oxygen atoms in total. The van der Waals surface area contributed by atoms with Crippen molar-refractivity contribution in [3.05, 3.63) is 81.9 Å². The predicted octanol–water partition coefficient (Wildman–Crippen LogP) is 4.30. The zero-order chi connectivity index (χ0) is 24.5. The highest BCUT2D eigenvalue weighted by Gasteiger charge is 2.25. The Bertz CT molecular complexity index is 1330. The molecule has 0 bridgehead atoms. The standard InChI is InChI=1S/C23H22ClFN2O5S/c1-14-11-19(15(2)26(14)3)22(28)13-32-23(29)20-12-18(9-10-21(20)24)33(30,31)27(4)17-7-5-16(25)6-8-17/h5-12H,13H2,1-4H3. The van der Waals surface area contributed by atoms with E-state index in [1.165, 1.54) is 31.3 Å². The first-order valence-corrected chi connectivity index (χ1v) is 11.6. The maximum absolute atomic E-state index is 13.2. The van der Waals surface area contributed by atoms with Crippen LogP contribution in [0, 0.1) is 19.7 Å². The molecule has 33 heavy (non-hydrogen) atoms. The van der Waals surface area contributed by atoms with Gasteiger partial charge in [0.15, 0.2) is 6.61 Å². The van der Waals surface area contributed by atoms with Gasteiger partial charge in [0.1, 0.15) is 5.82 Å². The van der Waals surface area contributed by atoms with Gasteiger partial charge >= 0.3 is 5.97 Å². The number of aromatic nitrogens is 1. The third kappa shape index (κ3) is 4.94. The molecular formula is C23H22ClFN2O5S. The molecular weight excluding hydrogens is 471 g/mol. The minimum absolute atomic E-state index is 0.0254. The van der Waals surface area contributed by atoms with Crippen molar-refractivity contribution < 1.29 is 27.1 Å². The Morgan fingerprint density at radius 1 is 1.06 bits per heavy atom. The monoisotopic (exact) mass is 492 g/mol. The van der Waals surface area contributed by atoms with Crippen molar-refractivity contribution in [2.75, 3.05) is 18.0 Å². The first kappa shape index (κ1) is 24.5. The lowest BCUT2D eigenvalue weighted by Crippen LogP contribution is -2.27. The Morgan fingerprint density at radius 2 is 1.70 bits per heavy atom. The van der Waals surface area contributed by atoms with E-state index in [-0.39, 0.29) is 27.0 Å². The molecule has 2 aromatic carbocycles. The van der Waals surface area contributed by atoms with E-state index in [9.17, 15) is 22.4 Å². The van der Waals surface area contributed by atoms with Gasteiger partial charge in [0.25, 0.3) is 10.0 Å². The van der Waals surface area contributed by atoms with Crippen LogP contribution < -0.4 is 4.31 Å². The Morgan fingerprint density at radius 3 is 2.27 bits per heavy atom. The lowest BCUT2D eigenvalue weighted by Gasteiger charge is -2.20. The van der Waals surface area contributed by atoms with E-state index in [1.54, 1.807) is 13.0 Å². The number of ether oxygens (including phenoxy) is 1. The summed E-state index contributed by atoms with van der Waals surface area (Å²) >= 11 is 6.10. The number of halogens is 2. The lowest BCUT2D eigenvalue weighted by atomic mass is 10.1. The third-order valence-corrected chi connectivity index (χ3v) is 7.53. The second-order valence-electron chi connectivity index (χ2n) is 7.43. The maximum Gasteiger partial charge on any atom is 0.340 e. The average Bonchev–Trinajstić information content (AvgIpc) is 3.04. The van der Waals surface area contributed by atoms with Crippen molar-refractivity contribution in [2.24, 2.45) is 7.05 Å². The Balaban J connectivity index is 1.81. The van der Waals surface area contributed by atoms with Gasteiger partial charge in [-0.1, -0.05) is 11.6 Å². The Kier molecular flexibility index (Phi) is 6.94. The zero-order valence-electron chi connectivity index (χ0n) is 18.4. The highest BCUT2D eigenvalue weighted by atomic mass is 35.5. The van der Waals surface area contributed by atoms with Crippen LogP contribution in [0.4, 0.5) is 10.1 Å². The first-order valence-electron chi connectivity index (χ1n) is 9.80. The molecule has 0 saturated heterocycles. The summed E-state index contributed by atoms with van der Waals surface area (Å²) in [7, 11) is -0.960. The van der Waals surface area contributed by atoms with Gasteiger partial charge in [0.05, 0.1) is 21.2 Å². The van der Waals surface area contributed by atoms with Gasteiger partial charge < -0.3 is 9.30 Å². The van der Waals surface area contributed by atoms with E-state index < -0.39 is 28.4 Å². The van der Waals surface area contributed by atoms with Crippen molar-refractivity contribution in [1.29, 1.82) is 0 Å². The van der Waals surface area contributed by atoms with E-state index >= 15 is 0 Å². The summed E-state index contributed by atoms with van der Waals surface area (Å²) in [5.74, 6) is -1.82. The van der Waals surface area contributed by atoms with Crippen LogP contribution in [0.2, 0.25) is 5.02 Å². The minimum Gasteiger partial charge on any atom is -0.454 e. The van der Waals surface area contributed by atoms with Gasteiger partial charge in [-0.05, 0) is 62.4 Å². The molecule has 10 heteroatoms. The molecule has 0 radical (unpaired) electrons. The van der Waals surface area contributed by atoms with Gasteiger partial charge in [0, 0.05) is 31.0 Å². The molecule has 3 rings (SSSR count). The second kappa shape index (κ2) is 9.36. The smallest absolute Gasteiger partial charge is 0.340 e. The van der Waals surface area contributed by atoms with E-state index in [0.717, 1.165) is 33.9 Å². The number of sulfonamides is 1. The fourth-order valence-corrected chi connectivity index (χ4v) is 4.61. The van der Waals surface area contributed by atoms with E-state index in [1.807, 2.05) is 18.5 Å². The fourth-order valence-electron chi connectivity index (χ4n) is 3.19. The van der Waals surface area contributed by atoms with Crippen molar-refractivity contribution >= 4 is 39.1 Å². The molecule has 0 spiro atoms. The summed E-state index contributed by atoms with van der Waals surface area (Å²) in [4.78, 5) is 24.9. The molecule has 0 fully saturated rings. The van der Waals surface area contributed by atoms with Gasteiger partial charge in [-0.2, -0.15) is 0 Å². The SMILES string of the molecule is Cc1cc(C(=O)COC(=O)c2cc(S(=O)(=O)N(C)c3ccc(F)cc3)ccc2Cl)c(C)n1C. The summed E-state index contributed by atoms with van der Waals surface area (Å²) in [6.07, 6.45) is 0. The number of carbonyl (C=O) groups excluding carboxylic acids is 2. The molecule has 0 atom stereocenters. The molecule has 0 N–H and O–H groups in total. The van der Waals surface area contributed by atoms with Gasteiger partial charge in [-0.15, -0.1) is 0 Å². The molecule has 0 unspecified atom stereocenters. The summed E-state index contributed by atoms with van der Waals surface area (Å²) < 4.78 is 47.1. The van der Waals surface area contributed by atoms with Crippen LogP contribution in [-0.2, 0) is 21.8 Å². The van der Waals surface area contributed by atoms with Gasteiger partial charge in [-0.25, -0.2) is 17.6 Å². The van der Waals surface area contributed by atoms with E-state index in [0.29, 0.717) is 5.56 Å². The van der Waals surface area contributed by atoms with Gasteiger partial charge in [-0.3, -0.25) is 9.10 Å². The van der Waals surface area contributed by atoms with Crippen molar-refractivity contribution in [3.63, 3.8) is 0 Å². The highest BCUT2D eigenvalue weighted by Crippen LogP contribution is 2.26. The van der Waals surface area contributed by atoms with Gasteiger partial charge in [0.2, 0.25) is 5.78 Å². The number of Topliss-reactive ketones (excluding diaryl/α,β-unsaturated/α-hetero) is 1. The van der Waals surface area contributed by atoms with E-state index in [4.69, 9.17) is 16.3 Å². The normalized spacial score (nSPS) is 11.3. The Labute approximate surface area is 196 Å². The number of hydrogen-bond acceptors (Lipinski definition) is 5. The number of carbonyl (C=O) groups is 2. The molecule has 0 saturated carbocycles. The summed E-state index contributed by atoms with van der Waals surface area (Å²) in [5, 5.41) is -0.0254. The van der Waals surface area contributed by atoms with Crippen LogP contribution in [0.25, 0.3) is 0 Å². The molecule has 0 aliphatic carbocycles. The number of anilines is 1. The minimum atomic E-state index is -4.08. The average molecular weight is 493 g/mol. The number of benzene rings is 2. The predicted molar refractivity (Wildman–Crippen MR) is 123 cm³/mol. The van der Waals surface area contributed by atoms with Crippen LogP contribution in [0.1, 0.15) is 32.1 Å². The summed E-state index contributed by atoms with van der Waals surface area (Å²) in [5.41, 5.74) is 2.09. The van der Waals surface area contributed by atoms with Crippen molar-refractivity contribution in [3.8, 4) is 0 Å². The van der Waals surface area contributed by atoms with Crippen molar-refractivity contribution in [2.45, 2.75) is 18.7 Å². The molecule has 1 heterocycles. The number of rotatable bonds is 7. The molecule has 174 valence electrons. The third-order valence-electron chi connectivity index (χ3n) is 5.42. The summed E-state index contributed by atoms with van der Waals surface area (Å²) in [6, 6.07) is 10.2. The quantitative estimate of drug-likeness (QED) is 0.362. The van der Waals surface area contributed by atoms with Crippen LogP contribution in [0.15, 0.2) is 53.4 Å². The van der Waals surface area contributed by atoms with Crippen molar-refractivity contribution in [1.82, 2.24) is 4.57 Å². The second-order valence-corrected chi connectivity index (χ2v) is 9.81. The summed E-state index contributed by atoms with van der Waals surface area (Å²) in [6.45, 7) is 3.11. The molecule has 0 aliphatic heterocycles. The van der Waals surface area contributed by atoms with E-state index in [2.05, 4.69) is 0 Å². The van der Waals surface area contributed by atoms with Crippen LogP contribution in [0.5, 0.6) is 0 Å². The topological polar surface area (TPSA) is 85.7 Å². The lowest BCUT2D eigenvalue weighted by molar-refractivity contribution is 0.0474. The number of nitrogens with zero attached hydrogens (tertiary/aromatic N) is 2. The highest BCUT2D eigenvalue weighted by molar-refractivity contribution is 7.92. The van der Waals surface area contributed by atoms with Crippen LogP contribution in [0.3, 0.4) is 0 Å². The molecule has 3 aromatic rings. The number of ketones is 1. The number of hydrogen-bond donors (Lipinski definition) is 0. The number of esters is 1. The zero-order valence-corrected chi connectivity index (χ0v) is 20.0. The molecule has 1 aromatic heterocycles. The Hall–Kier alpha value is -3.17. The number of aryl methyl sites for hydroxylation is 1. The molecule has 0 aliphatic rings. The fraction of sp³-hybridized carbons (Fsp3) is 0.217. The van der Waals surface area contributed by atoms with Crippen LogP contribution in [-0.4, -0.2) is 38.4 Å². The molecule has 0 amide bonds.